The Hall–Kier alpha value is -3.27. The number of imidazole rings is 1. The summed E-state index contributed by atoms with van der Waals surface area (Å²) in [5.74, 6) is 1.59. The molecular formula is C25H30N4. The molecule has 4 N–H and O–H groups in total. The minimum absolute atomic E-state index is 0.325. The van der Waals surface area contributed by atoms with Gasteiger partial charge in [-0.25, -0.2) is 4.98 Å². The monoisotopic (exact) mass is 386 g/mol. The minimum Gasteiger partial charge on any atom is -0.405 e. The van der Waals surface area contributed by atoms with Gasteiger partial charge in [0, 0.05) is 23.7 Å². The fourth-order valence-corrected chi connectivity index (χ4v) is 3.55. The molecule has 0 saturated carbocycles. The molecule has 0 unspecified atom stereocenters. The van der Waals surface area contributed by atoms with Crippen molar-refractivity contribution in [2.75, 3.05) is 0 Å². The van der Waals surface area contributed by atoms with Crippen molar-refractivity contribution in [3.05, 3.63) is 89.9 Å². The summed E-state index contributed by atoms with van der Waals surface area (Å²) in [5, 5.41) is 0. The largest absolute Gasteiger partial charge is 0.405 e. The molecule has 2 aromatic carbocycles. The van der Waals surface area contributed by atoms with Crippen molar-refractivity contribution in [1.29, 1.82) is 0 Å². The highest BCUT2D eigenvalue weighted by Crippen LogP contribution is 2.36. The van der Waals surface area contributed by atoms with Gasteiger partial charge in [-0.05, 0) is 59.0 Å². The summed E-state index contributed by atoms with van der Waals surface area (Å²) in [5.41, 5.74) is 18.3. The van der Waals surface area contributed by atoms with Crippen LogP contribution in [0.3, 0.4) is 0 Å². The van der Waals surface area contributed by atoms with Gasteiger partial charge in [0.25, 0.3) is 0 Å². The normalized spacial score (nSPS) is 12.4. The first kappa shape index (κ1) is 20.5. The van der Waals surface area contributed by atoms with E-state index in [9.17, 15) is 0 Å². The summed E-state index contributed by atoms with van der Waals surface area (Å²) in [6.45, 7) is 8.86. The SMILES string of the molecule is CC(C)c1cc(/C(N)=C/C=C\N)cc(C(C)C)c1-n1ccnc1-c1ccccc1. The number of aromatic nitrogens is 2. The van der Waals surface area contributed by atoms with Crippen LogP contribution >= 0.6 is 0 Å². The number of hydrogen-bond acceptors (Lipinski definition) is 3. The predicted molar refractivity (Wildman–Crippen MR) is 123 cm³/mol. The predicted octanol–water partition coefficient (Wildman–Crippen LogP) is 5.56. The van der Waals surface area contributed by atoms with Gasteiger partial charge < -0.3 is 11.5 Å². The van der Waals surface area contributed by atoms with E-state index in [0.29, 0.717) is 17.5 Å². The maximum atomic E-state index is 6.34. The second kappa shape index (κ2) is 8.82. The number of rotatable bonds is 6. The van der Waals surface area contributed by atoms with Crippen LogP contribution in [0.15, 0.2) is 73.2 Å². The quantitative estimate of drug-likeness (QED) is 0.545. The lowest BCUT2D eigenvalue weighted by Gasteiger charge is -2.23. The van der Waals surface area contributed by atoms with Gasteiger partial charge in [-0.15, -0.1) is 0 Å². The Balaban J connectivity index is 2.29. The zero-order valence-electron chi connectivity index (χ0n) is 17.6. The first-order chi connectivity index (χ1) is 13.9. The zero-order valence-corrected chi connectivity index (χ0v) is 17.6. The molecule has 1 aromatic heterocycles. The van der Waals surface area contributed by atoms with Crippen LogP contribution in [-0.4, -0.2) is 9.55 Å². The number of nitrogens with zero attached hydrogens (tertiary/aromatic N) is 2. The van der Waals surface area contributed by atoms with Gasteiger partial charge in [0.15, 0.2) is 0 Å². The summed E-state index contributed by atoms with van der Waals surface area (Å²) in [6, 6.07) is 14.7. The van der Waals surface area contributed by atoms with Gasteiger partial charge in [0.05, 0.1) is 5.69 Å². The maximum Gasteiger partial charge on any atom is 0.144 e. The van der Waals surface area contributed by atoms with Crippen molar-refractivity contribution in [2.45, 2.75) is 39.5 Å². The van der Waals surface area contributed by atoms with E-state index in [1.165, 1.54) is 23.0 Å². The third-order valence-electron chi connectivity index (χ3n) is 5.05. The van der Waals surface area contributed by atoms with Gasteiger partial charge in [-0.3, -0.25) is 4.57 Å². The van der Waals surface area contributed by atoms with Crippen LogP contribution in [0.5, 0.6) is 0 Å². The Labute approximate surface area is 173 Å². The zero-order chi connectivity index (χ0) is 21.0. The molecule has 4 heteroatoms. The third kappa shape index (κ3) is 4.27. The summed E-state index contributed by atoms with van der Waals surface area (Å²) in [6.07, 6.45) is 9.01. The van der Waals surface area contributed by atoms with Crippen molar-refractivity contribution >= 4 is 5.70 Å². The van der Waals surface area contributed by atoms with E-state index in [1.807, 2.05) is 36.7 Å². The fraction of sp³-hybridized carbons (Fsp3) is 0.240. The van der Waals surface area contributed by atoms with Crippen LogP contribution in [0.2, 0.25) is 0 Å². The van der Waals surface area contributed by atoms with Crippen LogP contribution in [0.25, 0.3) is 22.8 Å². The Kier molecular flexibility index (Phi) is 6.23. The Morgan fingerprint density at radius 1 is 1.00 bits per heavy atom. The van der Waals surface area contributed by atoms with Crippen LogP contribution in [0.4, 0.5) is 0 Å². The van der Waals surface area contributed by atoms with E-state index in [-0.39, 0.29) is 0 Å². The molecule has 0 saturated heterocycles. The average Bonchev–Trinajstić information content (AvgIpc) is 3.21. The second-order valence-corrected chi connectivity index (χ2v) is 7.81. The molecule has 0 fully saturated rings. The highest BCUT2D eigenvalue weighted by atomic mass is 15.1. The molecule has 1 heterocycles. The van der Waals surface area contributed by atoms with Crippen LogP contribution < -0.4 is 11.5 Å². The lowest BCUT2D eigenvalue weighted by molar-refractivity contribution is 0.805. The summed E-state index contributed by atoms with van der Waals surface area (Å²) in [7, 11) is 0. The molecule has 3 aromatic rings. The number of hydrogen-bond donors (Lipinski definition) is 2. The van der Waals surface area contributed by atoms with Crippen molar-refractivity contribution in [2.24, 2.45) is 11.5 Å². The smallest absolute Gasteiger partial charge is 0.144 e. The van der Waals surface area contributed by atoms with Crippen molar-refractivity contribution in [3.63, 3.8) is 0 Å². The molecule has 0 radical (unpaired) electrons. The minimum atomic E-state index is 0.325. The van der Waals surface area contributed by atoms with Crippen LogP contribution in [0, 0.1) is 0 Å². The Bertz CT molecular complexity index is 995. The first-order valence-corrected chi connectivity index (χ1v) is 10.1. The van der Waals surface area contributed by atoms with Gasteiger partial charge in [0.2, 0.25) is 0 Å². The van der Waals surface area contributed by atoms with Gasteiger partial charge in [-0.2, -0.15) is 0 Å². The van der Waals surface area contributed by atoms with Crippen molar-refractivity contribution < 1.29 is 0 Å². The topological polar surface area (TPSA) is 69.9 Å². The van der Waals surface area contributed by atoms with E-state index in [2.05, 4.69) is 61.5 Å². The molecule has 0 amide bonds. The Morgan fingerprint density at radius 2 is 1.62 bits per heavy atom. The molecule has 0 aliphatic rings. The Morgan fingerprint density at radius 3 is 2.17 bits per heavy atom. The molecule has 0 bridgehead atoms. The molecule has 4 nitrogen and oxygen atoms in total. The molecule has 150 valence electrons. The third-order valence-corrected chi connectivity index (χ3v) is 5.05. The maximum absolute atomic E-state index is 6.34. The molecule has 0 spiro atoms. The highest BCUT2D eigenvalue weighted by Gasteiger charge is 2.20. The lowest BCUT2D eigenvalue weighted by Crippen LogP contribution is -2.10. The summed E-state index contributed by atoms with van der Waals surface area (Å²) in [4.78, 5) is 4.67. The van der Waals surface area contributed by atoms with Crippen molar-refractivity contribution in [1.82, 2.24) is 9.55 Å². The van der Waals surface area contributed by atoms with Gasteiger partial charge >= 0.3 is 0 Å². The van der Waals surface area contributed by atoms with E-state index in [1.54, 1.807) is 6.08 Å². The van der Waals surface area contributed by atoms with E-state index < -0.39 is 0 Å². The van der Waals surface area contributed by atoms with E-state index >= 15 is 0 Å². The highest BCUT2D eigenvalue weighted by molar-refractivity contribution is 5.70. The first-order valence-electron chi connectivity index (χ1n) is 10.1. The molecule has 0 aliphatic heterocycles. The number of nitrogens with two attached hydrogens (primary N) is 2. The van der Waals surface area contributed by atoms with Gasteiger partial charge in [0.1, 0.15) is 5.82 Å². The van der Waals surface area contributed by atoms with Gasteiger partial charge in [-0.1, -0.05) is 58.0 Å². The molecule has 0 atom stereocenters. The lowest BCUT2D eigenvalue weighted by atomic mass is 9.89. The van der Waals surface area contributed by atoms with Crippen LogP contribution in [0.1, 0.15) is 56.2 Å². The summed E-state index contributed by atoms with van der Waals surface area (Å²) < 4.78 is 2.21. The number of allylic oxidation sites excluding steroid dienone is 2. The number of benzene rings is 2. The summed E-state index contributed by atoms with van der Waals surface area (Å²) >= 11 is 0. The fourth-order valence-electron chi connectivity index (χ4n) is 3.55. The van der Waals surface area contributed by atoms with Crippen molar-refractivity contribution in [3.8, 4) is 17.1 Å². The average molecular weight is 387 g/mol. The van der Waals surface area contributed by atoms with Crippen LogP contribution in [-0.2, 0) is 0 Å². The molecule has 0 aliphatic carbocycles. The van der Waals surface area contributed by atoms with E-state index in [4.69, 9.17) is 11.5 Å². The standard InChI is InChI=1S/C25H30N4/c1-17(2)21-15-20(23(27)11-8-12-26)16-22(18(3)4)24(21)29-14-13-28-25(29)19-9-6-5-7-10-19/h5-18H,26-27H2,1-4H3/b12-8-,23-11-. The molecular weight excluding hydrogens is 356 g/mol. The molecule has 29 heavy (non-hydrogen) atoms. The second-order valence-electron chi connectivity index (χ2n) is 7.81. The molecule has 3 rings (SSSR count). The van der Waals surface area contributed by atoms with E-state index in [0.717, 1.165) is 17.0 Å².